The molecule has 8 heteroatoms. The maximum Gasteiger partial charge on any atom is 0.274 e. The van der Waals surface area contributed by atoms with Crippen LogP contribution in [-0.4, -0.2) is 55.5 Å². The molecule has 8 nitrogen and oxygen atoms in total. The lowest BCUT2D eigenvalue weighted by Crippen LogP contribution is -2.22. The Labute approximate surface area is 162 Å². The van der Waals surface area contributed by atoms with Crippen LogP contribution in [0.4, 0.5) is 0 Å². The molecule has 0 bridgehead atoms. The fraction of sp³-hybridized carbons (Fsp3) is 0.500. The lowest BCUT2D eigenvalue weighted by molar-refractivity contribution is 0.0835. The lowest BCUT2D eigenvalue weighted by atomic mass is 9.99. The molecule has 146 valence electrons. The summed E-state index contributed by atoms with van der Waals surface area (Å²) in [4.78, 5) is 31.3. The average Bonchev–Trinajstić information content (AvgIpc) is 3.37. The van der Waals surface area contributed by atoms with E-state index >= 15 is 0 Å². The van der Waals surface area contributed by atoms with Crippen LogP contribution in [0, 0.1) is 0 Å². The largest absolute Gasteiger partial charge is 0.381 e. The van der Waals surface area contributed by atoms with Crippen molar-refractivity contribution in [2.75, 3.05) is 26.3 Å². The van der Waals surface area contributed by atoms with Gasteiger partial charge in [-0.3, -0.25) is 14.1 Å². The summed E-state index contributed by atoms with van der Waals surface area (Å²) in [7, 11) is 0. The second-order valence-corrected chi connectivity index (χ2v) is 7.68. The Morgan fingerprint density at radius 2 is 1.93 bits per heavy atom. The monoisotopic (exact) mass is 380 g/mol. The normalized spacial score (nSPS) is 21.5. The van der Waals surface area contributed by atoms with E-state index in [9.17, 15) is 4.79 Å². The maximum atomic E-state index is 12.7. The summed E-state index contributed by atoms with van der Waals surface area (Å²) in [6, 6.07) is 1.83. The summed E-state index contributed by atoms with van der Waals surface area (Å²) >= 11 is 0. The first-order valence-electron chi connectivity index (χ1n) is 9.94. The van der Waals surface area contributed by atoms with E-state index in [-0.39, 0.29) is 5.56 Å². The first kappa shape index (κ1) is 17.5. The molecule has 2 fully saturated rings. The van der Waals surface area contributed by atoms with Gasteiger partial charge in [0.05, 0.1) is 12.7 Å². The predicted molar refractivity (Wildman–Crippen MR) is 103 cm³/mol. The van der Waals surface area contributed by atoms with Crippen LogP contribution in [-0.2, 0) is 11.3 Å². The number of rotatable bonds is 4. The summed E-state index contributed by atoms with van der Waals surface area (Å²) < 4.78 is 7.49. The van der Waals surface area contributed by atoms with Gasteiger partial charge in [-0.05, 0) is 31.9 Å². The van der Waals surface area contributed by atoms with E-state index in [4.69, 9.17) is 4.74 Å². The van der Waals surface area contributed by atoms with Crippen molar-refractivity contribution in [3.8, 4) is 0 Å². The molecule has 2 saturated heterocycles. The molecule has 0 amide bonds. The minimum Gasteiger partial charge on any atom is -0.381 e. The Kier molecular flexibility index (Phi) is 4.66. The molecule has 1 atom stereocenters. The minimum absolute atomic E-state index is 0.0619. The fourth-order valence-electron chi connectivity index (χ4n) is 4.35. The van der Waals surface area contributed by atoms with Gasteiger partial charge in [0, 0.05) is 55.9 Å². The Hall–Kier alpha value is -2.58. The van der Waals surface area contributed by atoms with E-state index < -0.39 is 0 Å². The predicted octanol–water partition coefficient (Wildman–Crippen LogP) is 1.70. The van der Waals surface area contributed by atoms with Gasteiger partial charge in [0.1, 0.15) is 17.2 Å². The van der Waals surface area contributed by atoms with Crippen LogP contribution < -0.4 is 5.56 Å². The van der Waals surface area contributed by atoms with E-state index in [0.29, 0.717) is 17.4 Å². The topological polar surface area (TPSA) is 88.4 Å². The molecule has 3 aromatic heterocycles. The van der Waals surface area contributed by atoms with E-state index in [1.165, 1.54) is 0 Å². The number of aromatic amines is 1. The maximum absolute atomic E-state index is 12.7. The van der Waals surface area contributed by atoms with Crippen molar-refractivity contribution in [1.82, 2.24) is 29.2 Å². The van der Waals surface area contributed by atoms with E-state index in [2.05, 4.69) is 31.0 Å². The smallest absolute Gasteiger partial charge is 0.274 e. The van der Waals surface area contributed by atoms with Crippen LogP contribution in [0.25, 0.3) is 5.52 Å². The number of fused-ring (bicyclic) bond motifs is 1. The summed E-state index contributed by atoms with van der Waals surface area (Å²) in [5.41, 5.74) is 1.55. The molecular weight excluding hydrogens is 356 g/mol. The lowest BCUT2D eigenvalue weighted by Gasteiger charge is -2.21. The van der Waals surface area contributed by atoms with Gasteiger partial charge >= 0.3 is 0 Å². The number of ether oxygens (including phenoxy) is 1. The molecule has 1 N–H and O–H groups in total. The van der Waals surface area contributed by atoms with Gasteiger partial charge in [0.15, 0.2) is 0 Å². The zero-order valence-electron chi connectivity index (χ0n) is 15.8. The number of hydrogen-bond acceptors (Lipinski definition) is 6. The number of imidazole rings is 1. The molecule has 0 aliphatic carbocycles. The molecule has 2 aliphatic rings. The van der Waals surface area contributed by atoms with Crippen LogP contribution in [0.1, 0.15) is 48.4 Å². The van der Waals surface area contributed by atoms with Crippen molar-refractivity contribution in [2.24, 2.45) is 0 Å². The molecule has 2 aliphatic heterocycles. The highest BCUT2D eigenvalue weighted by molar-refractivity contribution is 5.44. The SMILES string of the molecule is O=c1[nH]c([C@H]2CCN(Cc3ncccn3)C2)cn2c(C3CCOCC3)ncc12. The zero-order valence-corrected chi connectivity index (χ0v) is 15.8. The van der Waals surface area contributed by atoms with Crippen molar-refractivity contribution >= 4 is 5.52 Å². The highest BCUT2D eigenvalue weighted by Crippen LogP contribution is 2.29. The summed E-state index contributed by atoms with van der Waals surface area (Å²) in [6.45, 7) is 4.12. The number of hydrogen-bond donors (Lipinski definition) is 1. The summed E-state index contributed by atoms with van der Waals surface area (Å²) in [5, 5.41) is 0. The highest BCUT2D eigenvalue weighted by atomic mass is 16.5. The van der Waals surface area contributed by atoms with E-state index in [1.807, 2.05) is 10.5 Å². The standard InChI is InChI=1S/C20H24N6O2/c27-20-17-10-23-19(14-3-8-28-9-4-14)26(17)12-16(24-20)15-2-7-25(11-15)13-18-21-5-1-6-22-18/h1,5-6,10,12,14-15H,2-4,7-9,11,13H2,(H,24,27)/t15-/m0/s1. The minimum atomic E-state index is -0.0619. The van der Waals surface area contributed by atoms with Crippen LogP contribution in [0.15, 0.2) is 35.6 Å². The average molecular weight is 380 g/mol. The van der Waals surface area contributed by atoms with E-state index in [1.54, 1.807) is 18.6 Å². The number of aromatic nitrogens is 5. The Balaban J connectivity index is 1.39. The van der Waals surface area contributed by atoms with Gasteiger partial charge in [-0.2, -0.15) is 0 Å². The quantitative estimate of drug-likeness (QED) is 0.741. The molecule has 3 aromatic rings. The second kappa shape index (κ2) is 7.44. The van der Waals surface area contributed by atoms with Crippen LogP contribution in [0.5, 0.6) is 0 Å². The third-order valence-corrected chi connectivity index (χ3v) is 5.87. The Morgan fingerprint density at radius 3 is 2.75 bits per heavy atom. The first-order chi connectivity index (χ1) is 13.8. The molecule has 5 rings (SSSR count). The summed E-state index contributed by atoms with van der Waals surface area (Å²) in [6.07, 6.45) is 10.2. The molecule has 28 heavy (non-hydrogen) atoms. The van der Waals surface area contributed by atoms with Crippen molar-refractivity contribution in [1.29, 1.82) is 0 Å². The Bertz CT molecular complexity index is 1010. The van der Waals surface area contributed by atoms with E-state index in [0.717, 1.165) is 69.5 Å². The third kappa shape index (κ3) is 3.33. The Morgan fingerprint density at radius 1 is 1.11 bits per heavy atom. The van der Waals surface area contributed by atoms with Crippen LogP contribution in [0.2, 0.25) is 0 Å². The van der Waals surface area contributed by atoms with Gasteiger partial charge in [-0.15, -0.1) is 0 Å². The highest BCUT2D eigenvalue weighted by Gasteiger charge is 2.27. The number of nitrogens with zero attached hydrogens (tertiary/aromatic N) is 5. The summed E-state index contributed by atoms with van der Waals surface area (Å²) in [5.74, 6) is 2.47. The fourth-order valence-corrected chi connectivity index (χ4v) is 4.35. The van der Waals surface area contributed by atoms with Gasteiger partial charge in [-0.1, -0.05) is 0 Å². The number of nitrogens with one attached hydrogen (secondary N) is 1. The van der Waals surface area contributed by atoms with Crippen molar-refractivity contribution in [2.45, 2.75) is 37.6 Å². The molecule has 0 radical (unpaired) electrons. The second-order valence-electron chi connectivity index (χ2n) is 7.68. The molecule has 0 saturated carbocycles. The van der Waals surface area contributed by atoms with Crippen molar-refractivity contribution < 1.29 is 4.74 Å². The molecule has 0 unspecified atom stereocenters. The van der Waals surface area contributed by atoms with Gasteiger partial charge in [-0.25, -0.2) is 15.0 Å². The number of H-pyrrole nitrogens is 1. The molecule has 0 spiro atoms. The zero-order chi connectivity index (χ0) is 18.9. The van der Waals surface area contributed by atoms with Crippen LogP contribution in [0.3, 0.4) is 0 Å². The van der Waals surface area contributed by atoms with Gasteiger partial charge in [0.25, 0.3) is 5.56 Å². The van der Waals surface area contributed by atoms with Gasteiger partial charge < -0.3 is 9.72 Å². The van der Waals surface area contributed by atoms with Gasteiger partial charge in [0.2, 0.25) is 0 Å². The van der Waals surface area contributed by atoms with Crippen molar-refractivity contribution in [3.63, 3.8) is 0 Å². The third-order valence-electron chi connectivity index (χ3n) is 5.87. The molecular formula is C20H24N6O2. The first-order valence-corrected chi connectivity index (χ1v) is 9.94. The van der Waals surface area contributed by atoms with Crippen molar-refractivity contribution in [3.05, 3.63) is 58.6 Å². The number of likely N-dealkylation sites (tertiary alicyclic amines) is 1. The van der Waals surface area contributed by atoms with Crippen LogP contribution >= 0.6 is 0 Å². The molecule has 0 aromatic carbocycles. The molecule has 5 heterocycles.